The van der Waals surface area contributed by atoms with Crippen molar-refractivity contribution in [3.8, 4) is 0 Å². The van der Waals surface area contributed by atoms with Crippen LogP contribution in [0.2, 0.25) is 5.02 Å². The van der Waals surface area contributed by atoms with E-state index in [-0.39, 0.29) is 5.54 Å². The van der Waals surface area contributed by atoms with Crippen molar-refractivity contribution >= 4 is 11.6 Å². The van der Waals surface area contributed by atoms with Crippen molar-refractivity contribution < 1.29 is 0 Å². The van der Waals surface area contributed by atoms with Crippen molar-refractivity contribution in [3.05, 3.63) is 70.2 Å². The summed E-state index contributed by atoms with van der Waals surface area (Å²) < 4.78 is 0. The first-order chi connectivity index (χ1) is 12.0. The van der Waals surface area contributed by atoms with Crippen LogP contribution < -0.4 is 0 Å². The zero-order valence-electron chi connectivity index (χ0n) is 15.4. The normalized spacial score (nSPS) is 26.6. The van der Waals surface area contributed by atoms with Crippen LogP contribution in [0.4, 0.5) is 0 Å². The Morgan fingerprint density at radius 3 is 2.48 bits per heavy atom. The molecule has 1 aliphatic heterocycles. The third-order valence-corrected chi connectivity index (χ3v) is 6.47. The van der Waals surface area contributed by atoms with Crippen molar-refractivity contribution in [1.29, 1.82) is 0 Å². The standard InChI is InChI=1S/C22H27ClN2/c1-22(2)15-25(12-11-24(22)3)21-14-19(16-7-5-4-6-8-16)18-10-9-17(23)13-20(18)21/h4-10,13,19,21H,11-12,14-15H2,1-3H3/t19?,21-/m1/s1. The number of halogens is 1. The molecule has 25 heavy (non-hydrogen) atoms. The summed E-state index contributed by atoms with van der Waals surface area (Å²) in [5, 5.41) is 0.853. The summed E-state index contributed by atoms with van der Waals surface area (Å²) in [6.07, 6.45) is 1.15. The van der Waals surface area contributed by atoms with Gasteiger partial charge in [0.15, 0.2) is 0 Å². The van der Waals surface area contributed by atoms with Crippen LogP contribution in [-0.4, -0.2) is 42.0 Å². The Morgan fingerprint density at radius 2 is 1.76 bits per heavy atom. The van der Waals surface area contributed by atoms with Crippen LogP contribution in [0.5, 0.6) is 0 Å². The average molecular weight is 355 g/mol. The predicted octanol–water partition coefficient (Wildman–Crippen LogP) is 4.94. The van der Waals surface area contributed by atoms with Gasteiger partial charge < -0.3 is 0 Å². The summed E-state index contributed by atoms with van der Waals surface area (Å²) in [7, 11) is 2.24. The van der Waals surface area contributed by atoms with Gasteiger partial charge in [-0.15, -0.1) is 0 Å². The van der Waals surface area contributed by atoms with Crippen molar-refractivity contribution in [1.82, 2.24) is 9.80 Å². The second kappa shape index (κ2) is 6.42. The van der Waals surface area contributed by atoms with Crippen LogP contribution in [-0.2, 0) is 0 Å². The molecule has 2 atom stereocenters. The minimum Gasteiger partial charge on any atom is -0.299 e. The van der Waals surface area contributed by atoms with Crippen LogP contribution >= 0.6 is 11.6 Å². The van der Waals surface area contributed by atoms with E-state index in [9.17, 15) is 0 Å². The number of nitrogens with zero attached hydrogens (tertiary/aromatic N) is 2. The quantitative estimate of drug-likeness (QED) is 0.753. The zero-order chi connectivity index (χ0) is 17.6. The number of rotatable bonds is 2. The predicted molar refractivity (Wildman–Crippen MR) is 105 cm³/mol. The highest BCUT2D eigenvalue weighted by Gasteiger charge is 2.40. The fourth-order valence-electron chi connectivity index (χ4n) is 4.52. The number of hydrogen-bond acceptors (Lipinski definition) is 2. The average Bonchev–Trinajstić information content (AvgIpc) is 2.97. The number of piperazine rings is 1. The van der Waals surface area contributed by atoms with Crippen LogP contribution in [0.25, 0.3) is 0 Å². The van der Waals surface area contributed by atoms with Crippen molar-refractivity contribution in [2.45, 2.75) is 37.8 Å². The summed E-state index contributed by atoms with van der Waals surface area (Å²) in [4.78, 5) is 5.16. The SMILES string of the molecule is CN1CCN([C@@H]2CC(c3ccccc3)c3ccc(Cl)cc32)CC1(C)C. The lowest BCUT2D eigenvalue weighted by Gasteiger charge is -2.47. The molecule has 4 rings (SSSR count). The molecule has 0 bridgehead atoms. The van der Waals surface area contributed by atoms with Gasteiger partial charge in [-0.2, -0.15) is 0 Å². The molecule has 0 amide bonds. The lowest BCUT2D eigenvalue weighted by molar-refractivity contribution is 0.0158. The van der Waals surface area contributed by atoms with Gasteiger partial charge in [-0.05, 0) is 56.1 Å². The second-order valence-electron chi connectivity index (χ2n) is 8.19. The number of hydrogen-bond donors (Lipinski definition) is 0. The van der Waals surface area contributed by atoms with E-state index in [4.69, 9.17) is 11.6 Å². The Bertz CT molecular complexity index is 756. The fourth-order valence-corrected chi connectivity index (χ4v) is 4.70. The van der Waals surface area contributed by atoms with Crippen LogP contribution in [0.15, 0.2) is 48.5 Å². The first-order valence-electron chi connectivity index (χ1n) is 9.25. The van der Waals surface area contributed by atoms with Crippen molar-refractivity contribution in [2.24, 2.45) is 0 Å². The van der Waals surface area contributed by atoms with Gasteiger partial charge in [-0.1, -0.05) is 48.0 Å². The van der Waals surface area contributed by atoms with Crippen molar-refractivity contribution in [3.63, 3.8) is 0 Å². The van der Waals surface area contributed by atoms with E-state index >= 15 is 0 Å². The summed E-state index contributed by atoms with van der Waals surface area (Å²) in [5.41, 5.74) is 4.52. The smallest absolute Gasteiger partial charge is 0.0409 e. The van der Waals surface area contributed by atoms with Gasteiger partial charge in [0.2, 0.25) is 0 Å². The Morgan fingerprint density at radius 1 is 1.00 bits per heavy atom. The highest BCUT2D eigenvalue weighted by atomic mass is 35.5. The maximum absolute atomic E-state index is 6.37. The van der Waals surface area contributed by atoms with E-state index in [0.29, 0.717) is 12.0 Å². The molecular formula is C22H27ClN2. The van der Waals surface area contributed by atoms with Gasteiger partial charge >= 0.3 is 0 Å². The Balaban J connectivity index is 1.70. The molecule has 0 aromatic heterocycles. The molecule has 0 N–H and O–H groups in total. The van der Waals surface area contributed by atoms with E-state index in [1.54, 1.807) is 0 Å². The molecule has 1 unspecified atom stereocenters. The number of fused-ring (bicyclic) bond motifs is 1. The van der Waals surface area contributed by atoms with Crippen LogP contribution in [0, 0.1) is 0 Å². The highest BCUT2D eigenvalue weighted by Crippen LogP contribution is 2.48. The Hall–Kier alpha value is -1.35. The second-order valence-corrected chi connectivity index (χ2v) is 8.63. The first-order valence-corrected chi connectivity index (χ1v) is 9.63. The van der Waals surface area contributed by atoms with Gasteiger partial charge in [0, 0.05) is 42.2 Å². The maximum Gasteiger partial charge on any atom is 0.0409 e. The molecule has 2 aromatic rings. The molecular weight excluding hydrogens is 328 g/mol. The molecule has 1 saturated heterocycles. The largest absolute Gasteiger partial charge is 0.299 e. The molecule has 1 heterocycles. The molecule has 132 valence electrons. The lowest BCUT2D eigenvalue weighted by atomic mass is 9.93. The number of likely N-dealkylation sites (N-methyl/N-ethyl adjacent to an activating group) is 1. The Kier molecular flexibility index (Phi) is 4.39. The summed E-state index contributed by atoms with van der Waals surface area (Å²) in [6, 6.07) is 17.9. The van der Waals surface area contributed by atoms with Gasteiger partial charge in [-0.25, -0.2) is 0 Å². The fraction of sp³-hybridized carbons (Fsp3) is 0.455. The van der Waals surface area contributed by atoms with E-state index in [1.165, 1.54) is 16.7 Å². The molecule has 2 nitrogen and oxygen atoms in total. The van der Waals surface area contributed by atoms with E-state index in [2.05, 4.69) is 73.2 Å². The van der Waals surface area contributed by atoms with Gasteiger partial charge in [0.25, 0.3) is 0 Å². The third-order valence-electron chi connectivity index (χ3n) is 6.23. The van der Waals surface area contributed by atoms with Gasteiger partial charge in [0.05, 0.1) is 0 Å². The van der Waals surface area contributed by atoms with E-state index in [0.717, 1.165) is 31.1 Å². The molecule has 0 radical (unpaired) electrons. The highest BCUT2D eigenvalue weighted by molar-refractivity contribution is 6.30. The topological polar surface area (TPSA) is 6.48 Å². The summed E-state index contributed by atoms with van der Waals surface area (Å²) in [5.74, 6) is 0.473. The zero-order valence-corrected chi connectivity index (χ0v) is 16.1. The first kappa shape index (κ1) is 17.1. The molecule has 1 fully saturated rings. The van der Waals surface area contributed by atoms with Crippen LogP contribution in [0.1, 0.15) is 48.9 Å². The van der Waals surface area contributed by atoms with Crippen LogP contribution in [0.3, 0.4) is 0 Å². The lowest BCUT2D eigenvalue weighted by Crippen LogP contribution is -2.58. The molecule has 1 aliphatic carbocycles. The molecule has 2 aromatic carbocycles. The molecule has 2 aliphatic rings. The van der Waals surface area contributed by atoms with Gasteiger partial charge in [0.1, 0.15) is 0 Å². The molecule has 0 saturated carbocycles. The summed E-state index contributed by atoms with van der Waals surface area (Å²) in [6.45, 7) is 8.04. The number of benzene rings is 2. The minimum atomic E-state index is 0.210. The Labute approximate surface area is 156 Å². The van der Waals surface area contributed by atoms with E-state index in [1.807, 2.05) is 6.07 Å². The van der Waals surface area contributed by atoms with Gasteiger partial charge in [-0.3, -0.25) is 9.80 Å². The maximum atomic E-state index is 6.37. The molecule has 3 heteroatoms. The van der Waals surface area contributed by atoms with E-state index < -0.39 is 0 Å². The summed E-state index contributed by atoms with van der Waals surface area (Å²) >= 11 is 6.37. The minimum absolute atomic E-state index is 0.210. The third kappa shape index (κ3) is 3.12. The molecule has 0 spiro atoms. The monoisotopic (exact) mass is 354 g/mol. The van der Waals surface area contributed by atoms with Crippen molar-refractivity contribution in [2.75, 3.05) is 26.7 Å².